The van der Waals surface area contributed by atoms with Gasteiger partial charge in [0.05, 0.1) is 5.69 Å². The van der Waals surface area contributed by atoms with E-state index in [1.165, 1.54) is 25.7 Å². The van der Waals surface area contributed by atoms with Gasteiger partial charge in [-0.05, 0) is 56.9 Å². The lowest BCUT2D eigenvalue weighted by Gasteiger charge is -2.28. The fourth-order valence-corrected chi connectivity index (χ4v) is 4.91. The first-order valence-corrected chi connectivity index (χ1v) is 9.78. The molecule has 1 amide bonds. The predicted octanol–water partition coefficient (Wildman–Crippen LogP) is 3.28. The van der Waals surface area contributed by atoms with Gasteiger partial charge in [-0.25, -0.2) is 9.50 Å². The zero-order chi connectivity index (χ0) is 18.6. The third kappa shape index (κ3) is 2.99. The second-order valence-corrected chi connectivity index (χ2v) is 9.25. The number of nitrogens with one attached hydrogen (secondary N) is 1. The summed E-state index contributed by atoms with van der Waals surface area (Å²) in [6.45, 7) is 10.3. The van der Waals surface area contributed by atoms with E-state index in [4.69, 9.17) is 0 Å². The van der Waals surface area contributed by atoms with Gasteiger partial charge in [0.1, 0.15) is 11.5 Å². The van der Waals surface area contributed by atoms with Crippen LogP contribution in [0.4, 0.5) is 0 Å². The van der Waals surface area contributed by atoms with E-state index in [0.29, 0.717) is 23.2 Å². The van der Waals surface area contributed by atoms with E-state index < -0.39 is 0 Å². The fraction of sp³-hybridized carbons (Fsp3) is 0.700. The van der Waals surface area contributed by atoms with Gasteiger partial charge in [0.25, 0.3) is 11.7 Å². The minimum absolute atomic E-state index is 0.103. The third-order valence-corrected chi connectivity index (χ3v) is 6.21. The Kier molecular flexibility index (Phi) is 4.04. The van der Waals surface area contributed by atoms with E-state index in [1.54, 1.807) is 4.52 Å². The summed E-state index contributed by atoms with van der Waals surface area (Å²) in [5.74, 6) is 3.33. The first-order valence-electron chi connectivity index (χ1n) is 9.78. The predicted molar refractivity (Wildman–Crippen MR) is 100 cm³/mol. The van der Waals surface area contributed by atoms with Crippen LogP contribution in [-0.2, 0) is 5.41 Å². The zero-order valence-electron chi connectivity index (χ0n) is 16.4. The molecule has 4 rings (SSSR count). The van der Waals surface area contributed by atoms with Crippen molar-refractivity contribution in [3.8, 4) is 0 Å². The Morgan fingerprint density at radius 2 is 2.04 bits per heavy atom. The maximum Gasteiger partial charge on any atom is 0.270 e. The van der Waals surface area contributed by atoms with Crippen LogP contribution in [0.3, 0.4) is 0 Å². The number of hydrogen-bond donors (Lipinski definition) is 1. The standard InChI is InChI=1S/C20H29N5O/c1-11(15-9-13-6-7-14(15)8-13)21-18(26)16-10-17(20(3,4)5)25-19(23-16)22-12(2)24-25/h10-11,13-15H,6-9H2,1-5H3,(H,21,26). The Labute approximate surface area is 154 Å². The number of fused-ring (bicyclic) bond motifs is 3. The molecule has 2 heterocycles. The summed E-state index contributed by atoms with van der Waals surface area (Å²) in [5.41, 5.74) is 1.22. The number of carbonyl (C=O) groups is 1. The van der Waals surface area contributed by atoms with Crippen LogP contribution in [0, 0.1) is 24.7 Å². The molecule has 0 aromatic carbocycles. The Morgan fingerprint density at radius 1 is 1.27 bits per heavy atom. The van der Waals surface area contributed by atoms with E-state index in [1.807, 2.05) is 13.0 Å². The molecule has 2 aliphatic carbocycles. The Hall–Kier alpha value is -1.98. The van der Waals surface area contributed by atoms with Gasteiger partial charge in [-0.15, -0.1) is 0 Å². The van der Waals surface area contributed by atoms with Crippen LogP contribution < -0.4 is 5.32 Å². The van der Waals surface area contributed by atoms with Gasteiger partial charge >= 0.3 is 0 Å². The van der Waals surface area contributed by atoms with Crippen molar-refractivity contribution in [2.75, 3.05) is 0 Å². The van der Waals surface area contributed by atoms with Gasteiger partial charge in [-0.1, -0.05) is 27.2 Å². The van der Waals surface area contributed by atoms with Crippen molar-refractivity contribution in [1.82, 2.24) is 24.9 Å². The van der Waals surface area contributed by atoms with Crippen LogP contribution >= 0.6 is 0 Å². The van der Waals surface area contributed by atoms with Crippen molar-refractivity contribution in [1.29, 1.82) is 0 Å². The Morgan fingerprint density at radius 3 is 2.65 bits per heavy atom. The van der Waals surface area contributed by atoms with Gasteiger partial charge < -0.3 is 5.32 Å². The molecule has 2 aliphatic rings. The number of amides is 1. The van der Waals surface area contributed by atoms with Crippen LogP contribution in [0.25, 0.3) is 5.78 Å². The second-order valence-electron chi connectivity index (χ2n) is 9.25. The third-order valence-electron chi connectivity index (χ3n) is 6.21. The van der Waals surface area contributed by atoms with Crippen molar-refractivity contribution in [3.05, 3.63) is 23.3 Å². The Balaban J connectivity index is 1.60. The molecule has 6 nitrogen and oxygen atoms in total. The summed E-state index contributed by atoms with van der Waals surface area (Å²) >= 11 is 0. The molecule has 0 spiro atoms. The highest BCUT2D eigenvalue weighted by Crippen LogP contribution is 2.49. The number of hydrogen-bond acceptors (Lipinski definition) is 4. The Bertz CT molecular complexity index is 850. The monoisotopic (exact) mass is 355 g/mol. The molecule has 26 heavy (non-hydrogen) atoms. The van der Waals surface area contributed by atoms with Gasteiger partial charge in [-0.3, -0.25) is 4.79 Å². The normalized spacial score (nSPS) is 26.4. The van der Waals surface area contributed by atoms with Crippen LogP contribution in [-0.4, -0.2) is 31.5 Å². The molecule has 2 saturated carbocycles. The van der Waals surface area contributed by atoms with Crippen molar-refractivity contribution in [2.24, 2.45) is 17.8 Å². The van der Waals surface area contributed by atoms with Crippen molar-refractivity contribution in [2.45, 2.75) is 71.8 Å². The highest BCUT2D eigenvalue weighted by atomic mass is 16.1. The first kappa shape index (κ1) is 17.4. The number of carbonyl (C=O) groups excluding carboxylic acids is 1. The molecule has 2 aromatic heterocycles. The molecule has 2 fully saturated rings. The average Bonchev–Trinajstić information content (AvgIpc) is 3.26. The molecule has 6 heteroatoms. The summed E-state index contributed by atoms with van der Waals surface area (Å²) in [4.78, 5) is 21.8. The number of nitrogens with zero attached hydrogens (tertiary/aromatic N) is 4. The molecule has 0 saturated heterocycles. The molecule has 0 radical (unpaired) electrons. The van der Waals surface area contributed by atoms with E-state index >= 15 is 0 Å². The molecule has 2 bridgehead atoms. The van der Waals surface area contributed by atoms with Crippen LogP contribution in [0.2, 0.25) is 0 Å². The highest BCUT2D eigenvalue weighted by molar-refractivity contribution is 5.93. The molecule has 4 atom stereocenters. The molecule has 140 valence electrons. The van der Waals surface area contributed by atoms with Crippen molar-refractivity contribution < 1.29 is 4.79 Å². The SMILES string of the molecule is Cc1nc2nc(C(=O)NC(C)C3CC4CCC3C4)cc(C(C)(C)C)n2n1. The van der Waals surface area contributed by atoms with Crippen molar-refractivity contribution in [3.63, 3.8) is 0 Å². The largest absolute Gasteiger partial charge is 0.348 e. The van der Waals surface area contributed by atoms with E-state index in [-0.39, 0.29) is 17.4 Å². The quantitative estimate of drug-likeness (QED) is 0.917. The van der Waals surface area contributed by atoms with Gasteiger partial charge in [-0.2, -0.15) is 10.1 Å². The van der Waals surface area contributed by atoms with Gasteiger partial charge in [0, 0.05) is 11.5 Å². The maximum atomic E-state index is 12.9. The van der Waals surface area contributed by atoms with Crippen molar-refractivity contribution >= 4 is 11.7 Å². The summed E-state index contributed by atoms with van der Waals surface area (Å²) in [6, 6.07) is 2.05. The smallest absolute Gasteiger partial charge is 0.270 e. The fourth-order valence-electron chi connectivity index (χ4n) is 4.91. The summed E-state index contributed by atoms with van der Waals surface area (Å²) in [7, 11) is 0. The molecule has 4 unspecified atom stereocenters. The minimum atomic E-state index is -0.160. The van der Waals surface area contributed by atoms with Crippen LogP contribution in [0.1, 0.15) is 75.4 Å². The zero-order valence-corrected chi connectivity index (χ0v) is 16.4. The lowest BCUT2D eigenvalue weighted by Crippen LogP contribution is -2.40. The summed E-state index contributed by atoms with van der Waals surface area (Å²) in [6.07, 6.45) is 5.31. The summed E-state index contributed by atoms with van der Waals surface area (Å²) in [5, 5.41) is 7.66. The number of aryl methyl sites for hydroxylation is 1. The van der Waals surface area contributed by atoms with E-state index in [2.05, 4.69) is 48.1 Å². The maximum absolute atomic E-state index is 12.9. The molecule has 0 aliphatic heterocycles. The topological polar surface area (TPSA) is 72.2 Å². The van der Waals surface area contributed by atoms with Gasteiger partial charge in [0.2, 0.25) is 0 Å². The number of rotatable bonds is 3. The summed E-state index contributed by atoms with van der Waals surface area (Å²) < 4.78 is 1.76. The van der Waals surface area contributed by atoms with Gasteiger partial charge in [0.15, 0.2) is 0 Å². The molecular formula is C20H29N5O. The lowest BCUT2D eigenvalue weighted by molar-refractivity contribution is 0.0910. The lowest BCUT2D eigenvalue weighted by atomic mass is 9.84. The molecule has 2 aromatic rings. The van der Waals surface area contributed by atoms with E-state index in [9.17, 15) is 4.79 Å². The van der Waals surface area contributed by atoms with Crippen LogP contribution in [0.15, 0.2) is 6.07 Å². The minimum Gasteiger partial charge on any atom is -0.348 e. The number of aromatic nitrogens is 4. The van der Waals surface area contributed by atoms with Crippen LogP contribution in [0.5, 0.6) is 0 Å². The first-order chi connectivity index (χ1) is 12.2. The van der Waals surface area contributed by atoms with E-state index in [0.717, 1.165) is 17.5 Å². The average molecular weight is 355 g/mol. The highest BCUT2D eigenvalue weighted by Gasteiger charge is 2.42. The second kappa shape index (κ2) is 6.03. The molecule has 1 N–H and O–H groups in total. The molecular weight excluding hydrogens is 326 g/mol.